The summed E-state index contributed by atoms with van der Waals surface area (Å²) < 4.78 is 4.65. The van der Waals surface area contributed by atoms with E-state index in [0.717, 1.165) is 133 Å². The molecule has 0 aliphatic carbocycles. The summed E-state index contributed by atoms with van der Waals surface area (Å²) in [6.07, 6.45) is 0. The highest BCUT2D eigenvalue weighted by atomic mass is 15.1. The molecule has 0 amide bonds. The maximum absolute atomic E-state index is 5.48. The fourth-order valence-electron chi connectivity index (χ4n) is 18.2. The molecule has 24 rings (SSSR count). The summed E-state index contributed by atoms with van der Waals surface area (Å²) in [5, 5.41) is 11.8. The van der Waals surface area contributed by atoms with Crippen molar-refractivity contribution in [1.82, 2.24) is 49.0 Å². The molecule has 6 aromatic heterocycles. The number of pyridine rings is 2. The fraction of sp³-hybridized carbons (Fsp3) is 0. The smallest absolute Gasteiger partial charge is 0.164 e. The average Bonchev–Trinajstić information content (AvgIpc) is 1.17. The lowest BCUT2D eigenvalue weighted by Crippen LogP contribution is -2.01. The summed E-state index contributed by atoms with van der Waals surface area (Å²) in [5.74, 6) is 3.68. The fourth-order valence-corrected chi connectivity index (χ4v) is 18.2. The van der Waals surface area contributed by atoms with Crippen LogP contribution >= 0.6 is 0 Å². The van der Waals surface area contributed by atoms with Crippen LogP contribution in [-0.4, -0.2) is 49.0 Å². The lowest BCUT2D eigenvalue weighted by Gasteiger charge is -2.16. The van der Waals surface area contributed by atoms with E-state index in [1.165, 1.54) is 65.6 Å². The second-order valence-corrected chi connectivity index (χ2v) is 31.6. The van der Waals surface area contributed by atoms with Crippen molar-refractivity contribution in [2.24, 2.45) is 0 Å². The first-order valence-electron chi connectivity index (χ1n) is 42.5. The van der Waals surface area contributed by atoms with Gasteiger partial charge in [0.25, 0.3) is 0 Å². The van der Waals surface area contributed by atoms with E-state index in [-0.39, 0.29) is 0 Å². The van der Waals surface area contributed by atoms with Crippen molar-refractivity contribution in [3.05, 3.63) is 449 Å². The Kier molecular flexibility index (Phi) is 18.7. The highest BCUT2D eigenvalue weighted by Gasteiger charge is 2.24. The van der Waals surface area contributed by atoms with Crippen LogP contribution in [0.2, 0.25) is 0 Å². The van der Waals surface area contributed by atoms with Gasteiger partial charge >= 0.3 is 0 Å². The highest BCUT2D eigenvalue weighted by Crippen LogP contribution is 2.46. The van der Waals surface area contributed by atoms with Crippen molar-refractivity contribution in [3.63, 3.8) is 0 Å². The Labute approximate surface area is 726 Å². The molecule has 588 valence electrons. The number of para-hydroxylation sites is 6. The van der Waals surface area contributed by atoms with Gasteiger partial charge in [0.1, 0.15) is 0 Å². The van der Waals surface area contributed by atoms with Crippen molar-refractivity contribution in [2.75, 3.05) is 0 Å². The van der Waals surface area contributed by atoms with E-state index in [1.54, 1.807) is 0 Å². The molecule has 18 aromatic carbocycles. The van der Waals surface area contributed by atoms with Gasteiger partial charge in [0.15, 0.2) is 34.9 Å². The van der Waals surface area contributed by atoms with Gasteiger partial charge in [-0.2, -0.15) is 0 Å². The van der Waals surface area contributed by atoms with Gasteiger partial charge in [-0.1, -0.05) is 388 Å². The van der Waals surface area contributed by atoms with E-state index in [2.05, 4.69) is 397 Å². The Balaban J connectivity index is 0.000000145. The van der Waals surface area contributed by atoms with Crippen LogP contribution in [0.5, 0.6) is 0 Å². The van der Waals surface area contributed by atoms with Crippen LogP contribution in [0.15, 0.2) is 449 Å². The molecule has 0 saturated carbocycles. The molecule has 24 aromatic rings. The monoisotopic (exact) mass is 1610 g/mol. The molecular formula is C116H74N10. The predicted molar refractivity (Wildman–Crippen MR) is 519 cm³/mol. The van der Waals surface area contributed by atoms with Crippen molar-refractivity contribution in [3.8, 4) is 147 Å². The minimum Gasteiger partial charge on any atom is -0.309 e. The lowest BCUT2D eigenvalue weighted by molar-refractivity contribution is 1.07. The third-order valence-electron chi connectivity index (χ3n) is 24.1. The van der Waals surface area contributed by atoms with E-state index < -0.39 is 0 Å². The van der Waals surface area contributed by atoms with E-state index in [0.29, 0.717) is 34.9 Å². The largest absolute Gasteiger partial charge is 0.309 e. The third kappa shape index (κ3) is 13.4. The van der Waals surface area contributed by atoms with E-state index >= 15 is 0 Å². The Morgan fingerprint density at radius 3 is 0.738 bits per heavy atom. The third-order valence-corrected chi connectivity index (χ3v) is 24.1. The summed E-state index contributed by atoms with van der Waals surface area (Å²) in [6, 6.07) is 157. The number of benzene rings is 18. The number of rotatable bonds is 14. The van der Waals surface area contributed by atoms with E-state index in [4.69, 9.17) is 39.9 Å². The predicted octanol–water partition coefficient (Wildman–Crippen LogP) is 29.3. The van der Waals surface area contributed by atoms with Crippen LogP contribution in [-0.2, 0) is 0 Å². The highest BCUT2D eigenvalue weighted by molar-refractivity contribution is 6.21. The van der Waals surface area contributed by atoms with Gasteiger partial charge in [0.05, 0.1) is 44.5 Å². The Hall–Kier alpha value is -17.1. The molecule has 0 aliphatic rings. The van der Waals surface area contributed by atoms with Gasteiger partial charge in [-0.15, -0.1) is 0 Å². The summed E-state index contributed by atoms with van der Waals surface area (Å²) in [7, 11) is 0. The first-order chi connectivity index (χ1) is 62.5. The Morgan fingerprint density at radius 2 is 0.381 bits per heavy atom. The zero-order valence-electron chi connectivity index (χ0n) is 68.2. The second kappa shape index (κ2) is 31.8. The van der Waals surface area contributed by atoms with Gasteiger partial charge in [-0.3, -0.25) is 0 Å². The van der Waals surface area contributed by atoms with E-state index in [1.807, 2.05) is 60.7 Å². The van der Waals surface area contributed by atoms with Gasteiger partial charge < -0.3 is 9.13 Å². The van der Waals surface area contributed by atoms with Crippen molar-refractivity contribution in [1.29, 1.82) is 0 Å². The number of hydrogen-bond donors (Lipinski definition) is 0. The van der Waals surface area contributed by atoms with Crippen LogP contribution in [0.3, 0.4) is 0 Å². The first-order valence-corrected chi connectivity index (χ1v) is 42.5. The molecule has 0 saturated heterocycles. The zero-order chi connectivity index (χ0) is 83.4. The molecule has 10 heteroatoms. The van der Waals surface area contributed by atoms with Crippen LogP contribution in [0.4, 0.5) is 0 Å². The average molecular weight is 1610 g/mol. The summed E-state index contributed by atoms with van der Waals surface area (Å²) in [5.41, 5.74) is 27.2. The molecule has 6 heterocycles. The van der Waals surface area contributed by atoms with Gasteiger partial charge in [0, 0.05) is 121 Å². The summed E-state index contributed by atoms with van der Waals surface area (Å²) >= 11 is 0. The first kappa shape index (κ1) is 74.0. The summed E-state index contributed by atoms with van der Waals surface area (Å²) in [6.45, 7) is 0. The molecule has 0 N–H and O–H groups in total. The molecule has 0 aliphatic heterocycles. The summed E-state index contributed by atoms with van der Waals surface area (Å²) in [4.78, 5) is 41.5. The van der Waals surface area contributed by atoms with Crippen LogP contribution in [0.25, 0.3) is 234 Å². The van der Waals surface area contributed by atoms with Crippen LogP contribution in [0, 0.1) is 0 Å². The molecule has 10 nitrogen and oxygen atoms in total. The van der Waals surface area contributed by atoms with E-state index in [9.17, 15) is 0 Å². The molecule has 0 radical (unpaired) electrons. The molecule has 0 fully saturated rings. The number of hydrogen-bond acceptors (Lipinski definition) is 8. The van der Waals surface area contributed by atoms with Gasteiger partial charge in [-0.25, -0.2) is 39.9 Å². The quantitative estimate of drug-likeness (QED) is 0.0990. The SMILES string of the molecule is c1ccc(-c2nc(-c3ccc(-c4cccc5c4nc(-c4ccccc4)c4cccc(-c6ccccc6)c45)cc3)nc(-c3ccc(-n4c5ccccc5c5ccccc54)cc3)n2)cc1.c1ccc(-c2nc(-c3ccc(-c4cccc5c4nc(-c4ccccc4)c4cccc(-c6ccccc6)c45)cc3)nc(-c3cccc(-n4c5ccccc5c5ccccc54)c3)n2)cc1. The van der Waals surface area contributed by atoms with Crippen molar-refractivity contribution in [2.45, 2.75) is 0 Å². The number of fused-ring (bicyclic) bond motifs is 12. The maximum Gasteiger partial charge on any atom is 0.164 e. The zero-order valence-corrected chi connectivity index (χ0v) is 68.2. The standard InChI is InChI=1S/2C58H37N5/c1-4-17-38(18-5-1)45-27-15-29-49-53(45)50-30-16-28-46(55(50)59-54(49)40-19-6-2-7-20-40)39-33-35-42(36-34-39)57-60-56(41-21-8-3-9-22-41)61-58(62-57)43-23-14-24-44(37-43)63-51-31-12-10-25-47(51)48-26-11-13-32-52(48)63;1-4-16-38(17-5-1)45-24-14-26-49-53(45)50-27-15-25-46(55(50)59-54(49)40-18-6-2-7-19-40)39-30-32-42(33-31-39)57-60-56(41-20-8-3-9-21-41)61-58(62-57)43-34-36-44(37-35-43)63-51-28-12-10-22-47(51)48-23-11-13-29-52(48)63/h2*1-37H. The normalized spacial score (nSPS) is 11.5. The van der Waals surface area contributed by atoms with Crippen molar-refractivity contribution >= 4 is 87.0 Å². The van der Waals surface area contributed by atoms with Crippen LogP contribution in [0.1, 0.15) is 0 Å². The molecule has 0 spiro atoms. The number of aromatic nitrogens is 10. The minimum absolute atomic E-state index is 0.605. The Morgan fingerprint density at radius 1 is 0.143 bits per heavy atom. The Bertz CT molecular complexity index is 8170. The molecule has 0 bridgehead atoms. The molecular weight excluding hydrogens is 1530 g/mol. The maximum atomic E-state index is 5.48. The minimum atomic E-state index is 0.605. The molecule has 126 heavy (non-hydrogen) atoms. The van der Waals surface area contributed by atoms with Gasteiger partial charge in [0.2, 0.25) is 0 Å². The molecule has 0 atom stereocenters. The van der Waals surface area contributed by atoms with Crippen molar-refractivity contribution < 1.29 is 0 Å². The van der Waals surface area contributed by atoms with Crippen LogP contribution < -0.4 is 0 Å². The topological polar surface area (TPSA) is 113 Å². The lowest BCUT2D eigenvalue weighted by atomic mass is 9.91. The molecule has 0 unspecified atom stereocenters. The van der Waals surface area contributed by atoms with Gasteiger partial charge in [-0.05, 0) is 94.0 Å². The second-order valence-electron chi connectivity index (χ2n) is 31.6. The number of nitrogens with zero attached hydrogens (tertiary/aromatic N) is 10.